The monoisotopic (exact) mass is 363 g/mol. The van der Waals surface area contributed by atoms with Gasteiger partial charge in [-0.05, 0) is 50.7 Å². The lowest BCUT2D eigenvalue weighted by Gasteiger charge is -2.64. The molecule has 3 N–H and O–H groups in total. The molecule has 1 aromatic rings. The van der Waals surface area contributed by atoms with Crippen LogP contribution in [0.3, 0.4) is 0 Å². The Bertz CT molecular complexity index is 621. The van der Waals surface area contributed by atoms with E-state index in [4.69, 9.17) is 20.2 Å². The summed E-state index contributed by atoms with van der Waals surface area (Å²) in [4.78, 5) is 6.03. The zero-order valence-electron chi connectivity index (χ0n) is 13.9. The number of hydrogen-bond donors (Lipinski definition) is 3. The third kappa shape index (κ3) is 3.21. The molecule has 0 amide bonds. The quantitative estimate of drug-likeness (QED) is 0.559. The Morgan fingerprint density at radius 1 is 1.38 bits per heavy atom. The van der Waals surface area contributed by atoms with E-state index < -0.39 is 5.60 Å². The van der Waals surface area contributed by atoms with E-state index in [1.807, 2.05) is 0 Å². The second-order valence-corrected chi connectivity index (χ2v) is 9.10. The molecule has 5 nitrogen and oxygen atoms in total. The highest BCUT2D eigenvalue weighted by Gasteiger charge is 2.48. The molecule has 3 saturated heterocycles. The van der Waals surface area contributed by atoms with Crippen LogP contribution in [0.5, 0.6) is 0 Å². The molecule has 1 aliphatic carbocycles. The predicted octanol–water partition coefficient (Wildman–Crippen LogP) is 1.36. The number of nitrogens with one attached hydrogen (secondary N) is 2. The zero-order valence-corrected chi connectivity index (χ0v) is 15.5. The van der Waals surface area contributed by atoms with Crippen LogP contribution in [0.15, 0.2) is 0 Å². The Kier molecular flexibility index (Phi) is 4.35. The van der Waals surface area contributed by atoms with Gasteiger partial charge in [0.2, 0.25) is 0 Å². The summed E-state index contributed by atoms with van der Waals surface area (Å²) in [5, 5.41) is 18.8. The summed E-state index contributed by atoms with van der Waals surface area (Å²) in [6.45, 7) is 3.01. The first-order valence-electron chi connectivity index (χ1n) is 8.86. The standard InChI is InChI=1S/C16H23BN4OS2/c17-21-7-5-11(6-8-21)16(22,10-21)9-18-14(23)20-15-19-12-3-1-2-4-13(12)24-15/h11,22H,1-10H2,(H-,18,19,20,23)/q-1/p+1. The predicted molar refractivity (Wildman–Crippen MR) is 101 cm³/mol. The van der Waals surface area contributed by atoms with Crippen molar-refractivity contribution in [2.75, 3.05) is 31.5 Å². The van der Waals surface area contributed by atoms with E-state index in [1.54, 1.807) is 11.3 Å². The minimum Gasteiger partial charge on any atom is -0.586 e. The van der Waals surface area contributed by atoms with Crippen molar-refractivity contribution in [1.29, 1.82) is 0 Å². The van der Waals surface area contributed by atoms with E-state index in [9.17, 15) is 5.11 Å². The molecule has 129 valence electrons. The molecule has 0 spiro atoms. The average molecular weight is 363 g/mol. The van der Waals surface area contributed by atoms with Gasteiger partial charge in [0, 0.05) is 23.9 Å². The second kappa shape index (κ2) is 6.23. The average Bonchev–Trinajstić information content (AvgIpc) is 2.95. The number of aromatic nitrogens is 1. The van der Waals surface area contributed by atoms with Crippen molar-refractivity contribution in [2.24, 2.45) is 5.92 Å². The smallest absolute Gasteiger partial charge is 0.189 e. The fourth-order valence-corrected chi connectivity index (χ4v) is 5.72. The molecule has 3 radical (unpaired) electrons. The van der Waals surface area contributed by atoms with Crippen LogP contribution >= 0.6 is 23.6 Å². The number of hydrogen-bond acceptors (Lipinski definition) is 4. The maximum absolute atomic E-state index is 11.0. The van der Waals surface area contributed by atoms with Crippen LogP contribution < -0.4 is 10.6 Å². The van der Waals surface area contributed by atoms with Crippen molar-refractivity contribution in [3.8, 4) is 0 Å². The van der Waals surface area contributed by atoms with E-state index in [0.717, 1.165) is 43.9 Å². The van der Waals surface area contributed by atoms with E-state index in [1.165, 1.54) is 23.4 Å². The molecule has 0 aromatic carbocycles. The topological polar surface area (TPSA) is 57.2 Å². The molecular formula is C16H24BN4OS2. The Balaban J connectivity index is 1.34. The number of piperidine rings is 3. The minimum absolute atomic E-state index is 0.323. The summed E-state index contributed by atoms with van der Waals surface area (Å²) in [5.74, 6) is 0.323. The van der Waals surface area contributed by atoms with Crippen LogP contribution in [0.2, 0.25) is 0 Å². The Hall–Kier alpha value is -0.695. The molecule has 1 atom stereocenters. The molecule has 4 heterocycles. The summed E-state index contributed by atoms with van der Waals surface area (Å²) in [5.41, 5.74) is 0.459. The molecular weight excluding hydrogens is 339 g/mol. The van der Waals surface area contributed by atoms with Gasteiger partial charge in [-0.15, -0.1) is 11.3 Å². The number of nitrogens with zero attached hydrogens (tertiary/aromatic N) is 2. The van der Waals surface area contributed by atoms with Crippen LogP contribution in [0.25, 0.3) is 0 Å². The third-order valence-corrected chi connectivity index (χ3v) is 7.13. The van der Waals surface area contributed by atoms with Gasteiger partial charge in [0.15, 0.2) is 10.2 Å². The molecule has 1 unspecified atom stereocenters. The Labute approximate surface area is 153 Å². The van der Waals surface area contributed by atoms with Gasteiger partial charge in [-0.3, -0.25) is 0 Å². The van der Waals surface area contributed by atoms with Crippen molar-refractivity contribution < 1.29 is 9.50 Å². The molecule has 1 aromatic heterocycles. The van der Waals surface area contributed by atoms with Gasteiger partial charge in [0.05, 0.1) is 18.8 Å². The second-order valence-electron chi connectivity index (χ2n) is 7.61. The van der Waals surface area contributed by atoms with E-state index >= 15 is 0 Å². The molecule has 2 bridgehead atoms. The summed E-state index contributed by atoms with van der Waals surface area (Å²) in [7, 11) is 6.35. The van der Waals surface area contributed by atoms with Gasteiger partial charge in [-0.2, -0.15) is 0 Å². The number of thiocarbonyl (C=S) groups is 1. The molecule has 0 saturated carbocycles. The molecule has 3 aliphatic heterocycles. The third-order valence-electron chi connectivity index (χ3n) is 5.82. The molecule has 8 heteroatoms. The summed E-state index contributed by atoms with van der Waals surface area (Å²) in [6.07, 6.45) is 6.68. The Morgan fingerprint density at radius 3 is 2.83 bits per heavy atom. The van der Waals surface area contributed by atoms with Crippen LogP contribution in [-0.4, -0.2) is 59.4 Å². The van der Waals surface area contributed by atoms with Crippen LogP contribution in [0.4, 0.5) is 5.13 Å². The van der Waals surface area contributed by atoms with E-state index in [0.29, 0.717) is 28.5 Å². The number of fused-ring (bicyclic) bond motifs is 4. The highest BCUT2D eigenvalue weighted by atomic mass is 32.1. The normalized spacial score (nSPS) is 34.7. The number of aryl methyl sites for hydroxylation is 2. The van der Waals surface area contributed by atoms with Gasteiger partial charge < -0.3 is 20.1 Å². The first kappa shape index (κ1) is 16.8. The first-order chi connectivity index (χ1) is 11.5. The van der Waals surface area contributed by atoms with Crippen LogP contribution in [-0.2, 0) is 12.8 Å². The van der Waals surface area contributed by atoms with Crippen molar-refractivity contribution in [1.82, 2.24) is 10.3 Å². The van der Waals surface area contributed by atoms with Gasteiger partial charge in [0.1, 0.15) is 5.60 Å². The maximum atomic E-state index is 11.0. The molecule has 4 aliphatic rings. The number of anilines is 1. The lowest BCUT2D eigenvalue weighted by Crippen LogP contribution is -2.70. The Morgan fingerprint density at radius 2 is 2.12 bits per heavy atom. The number of rotatable bonds is 3. The molecule has 3 fully saturated rings. The fraction of sp³-hybridized carbons (Fsp3) is 0.750. The zero-order chi connectivity index (χ0) is 16.8. The van der Waals surface area contributed by atoms with Gasteiger partial charge >= 0.3 is 0 Å². The summed E-state index contributed by atoms with van der Waals surface area (Å²) < 4.78 is 0.494. The number of quaternary nitrogens is 1. The van der Waals surface area contributed by atoms with Gasteiger partial charge in [-0.1, -0.05) is 0 Å². The first-order valence-corrected chi connectivity index (χ1v) is 10.1. The number of aliphatic hydroxyl groups is 1. The van der Waals surface area contributed by atoms with E-state index in [2.05, 4.69) is 15.6 Å². The van der Waals surface area contributed by atoms with Crippen LogP contribution in [0, 0.1) is 5.92 Å². The molecule has 24 heavy (non-hydrogen) atoms. The highest BCUT2D eigenvalue weighted by Crippen LogP contribution is 2.38. The summed E-state index contributed by atoms with van der Waals surface area (Å²) >= 11 is 7.11. The van der Waals surface area contributed by atoms with Crippen molar-refractivity contribution in [2.45, 2.75) is 44.1 Å². The largest absolute Gasteiger partial charge is 0.586 e. The van der Waals surface area contributed by atoms with Crippen molar-refractivity contribution >= 4 is 41.8 Å². The van der Waals surface area contributed by atoms with Gasteiger partial charge in [0.25, 0.3) is 0 Å². The lowest BCUT2D eigenvalue weighted by molar-refractivity contribution is -0.846. The SMILES string of the molecule is [B-][N+]12CCC(CC1)C(O)(CNC(=S)Nc1nc3c(s1)CCCC3)C2. The molecule has 5 rings (SSSR count). The summed E-state index contributed by atoms with van der Waals surface area (Å²) in [6, 6.07) is 0. The maximum Gasteiger partial charge on any atom is 0.189 e. The van der Waals surface area contributed by atoms with E-state index in [-0.39, 0.29) is 0 Å². The fourth-order valence-electron chi connectivity index (χ4n) is 4.43. The van der Waals surface area contributed by atoms with Crippen molar-refractivity contribution in [3.05, 3.63) is 10.6 Å². The highest BCUT2D eigenvalue weighted by molar-refractivity contribution is 7.80. The number of thiazole rings is 1. The van der Waals surface area contributed by atoms with Gasteiger partial charge in [-0.25, -0.2) is 13.0 Å². The van der Waals surface area contributed by atoms with Crippen molar-refractivity contribution in [3.63, 3.8) is 0 Å². The van der Waals surface area contributed by atoms with Crippen LogP contribution in [0.1, 0.15) is 36.3 Å². The minimum atomic E-state index is -0.765. The lowest BCUT2D eigenvalue weighted by atomic mass is 9.72.